The van der Waals surface area contributed by atoms with E-state index in [0.29, 0.717) is 36.0 Å². The number of anilines is 1. The monoisotopic (exact) mass is 354 g/mol. The van der Waals surface area contributed by atoms with E-state index in [1.807, 2.05) is 13.8 Å². The standard InChI is InChI=1S/C17H23ClN2O4/c1-11(2)10-24-17(22)20-8-4-5-14(20)16(21)19-13-9-12(18)6-7-15(13)23-3/h6-7,9,11,14H,4-5,8,10H2,1-3H3,(H,19,21)/t14-/m0/s1. The topological polar surface area (TPSA) is 67.9 Å². The molecule has 1 aliphatic heterocycles. The zero-order valence-corrected chi connectivity index (χ0v) is 14.9. The lowest BCUT2D eigenvalue weighted by Gasteiger charge is -2.24. The molecule has 0 radical (unpaired) electrons. The van der Waals surface area contributed by atoms with Gasteiger partial charge in [0.2, 0.25) is 5.91 Å². The van der Waals surface area contributed by atoms with Gasteiger partial charge in [-0.05, 0) is 37.0 Å². The molecule has 0 bridgehead atoms. The van der Waals surface area contributed by atoms with Crippen molar-refractivity contribution in [1.82, 2.24) is 4.90 Å². The molecule has 2 rings (SSSR count). The zero-order chi connectivity index (χ0) is 17.7. The number of nitrogens with one attached hydrogen (secondary N) is 1. The summed E-state index contributed by atoms with van der Waals surface area (Å²) < 4.78 is 10.5. The number of halogens is 1. The van der Waals surface area contributed by atoms with Crippen LogP contribution in [0, 0.1) is 5.92 Å². The normalized spacial score (nSPS) is 17.0. The Labute approximate surface area is 147 Å². The van der Waals surface area contributed by atoms with Crippen molar-refractivity contribution in [3.05, 3.63) is 23.2 Å². The minimum absolute atomic E-state index is 0.250. The Kier molecular flexibility index (Phi) is 6.31. The van der Waals surface area contributed by atoms with Crippen LogP contribution >= 0.6 is 11.6 Å². The molecule has 0 saturated carbocycles. The summed E-state index contributed by atoms with van der Waals surface area (Å²) in [6.45, 7) is 4.78. The second kappa shape index (κ2) is 8.24. The molecule has 132 valence electrons. The predicted octanol–water partition coefficient (Wildman–Crippen LogP) is 3.54. The summed E-state index contributed by atoms with van der Waals surface area (Å²) >= 11 is 5.98. The molecule has 1 fully saturated rings. The van der Waals surface area contributed by atoms with Crippen molar-refractivity contribution in [1.29, 1.82) is 0 Å². The summed E-state index contributed by atoms with van der Waals surface area (Å²) in [5.74, 6) is 0.494. The highest BCUT2D eigenvalue weighted by atomic mass is 35.5. The summed E-state index contributed by atoms with van der Waals surface area (Å²) in [6, 6.07) is 4.44. The second-order valence-corrected chi connectivity index (χ2v) is 6.59. The third-order valence-electron chi connectivity index (χ3n) is 3.75. The van der Waals surface area contributed by atoms with E-state index in [1.54, 1.807) is 18.2 Å². The number of methoxy groups -OCH3 is 1. The van der Waals surface area contributed by atoms with E-state index in [1.165, 1.54) is 12.0 Å². The second-order valence-electron chi connectivity index (χ2n) is 6.16. The molecule has 7 heteroatoms. The number of nitrogens with zero attached hydrogens (tertiary/aromatic N) is 1. The van der Waals surface area contributed by atoms with Crippen molar-refractivity contribution in [2.75, 3.05) is 25.6 Å². The summed E-state index contributed by atoms with van der Waals surface area (Å²) in [6.07, 6.45) is 0.923. The highest BCUT2D eigenvalue weighted by molar-refractivity contribution is 6.31. The fourth-order valence-electron chi connectivity index (χ4n) is 2.57. The van der Waals surface area contributed by atoms with Gasteiger partial charge in [0.05, 0.1) is 19.4 Å². The molecule has 2 amide bonds. The van der Waals surface area contributed by atoms with Gasteiger partial charge in [-0.3, -0.25) is 9.69 Å². The summed E-state index contributed by atoms with van der Waals surface area (Å²) in [4.78, 5) is 26.2. The fourth-order valence-corrected chi connectivity index (χ4v) is 2.74. The number of amides is 2. The van der Waals surface area contributed by atoms with Crippen LogP contribution in [0.5, 0.6) is 5.75 Å². The van der Waals surface area contributed by atoms with Crippen LogP contribution in [0.2, 0.25) is 5.02 Å². The van der Waals surface area contributed by atoms with Gasteiger partial charge in [-0.1, -0.05) is 25.4 Å². The average molecular weight is 355 g/mol. The molecule has 1 atom stereocenters. The van der Waals surface area contributed by atoms with E-state index in [0.717, 1.165) is 6.42 Å². The molecular formula is C17H23ClN2O4. The van der Waals surface area contributed by atoms with Gasteiger partial charge in [-0.15, -0.1) is 0 Å². The number of likely N-dealkylation sites (tertiary alicyclic amines) is 1. The van der Waals surface area contributed by atoms with E-state index in [4.69, 9.17) is 21.1 Å². The Balaban J connectivity index is 2.05. The Bertz CT molecular complexity index is 606. The van der Waals surface area contributed by atoms with Gasteiger partial charge >= 0.3 is 6.09 Å². The Hall–Kier alpha value is -1.95. The van der Waals surface area contributed by atoms with Crippen LogP contribution in [0.1, 0.15) is 26.7 Å². The number of carbonyl (C=O) groups is 2. The van der Waals surface area contributed by atoms with Gasteiger partial charge in [-0.2, -0.15) is 0 Å². The van der Waals surface area contributed by atoms with E-state index >= 15 is 0 Å². The molecule has 1 aliphatic rings. The maximum absolute atomic E-state index is 12.6. The molecule has 1 heterocycles. The van der Waals surface area contributed by atoms with Gasteiger partial charge in [-0.25, -0.2) is 4.79 Å². The third kappa shape index (κ3) is 4.54. The van der Waals surface area contributed by atoms with Crippen molar-refractivity contribution < 1.29 is 19.1 Å². The maximum atomic E-state index is 12.6. The first-order valence-corrected chi connectivity index (χ1v) is 8.38. The first kappa shape index (κ1) is 18.4. The lowest BCUT2D eigenvalue weighted by atomic mass is 10.2. The average Bonchev–Trinajstić information content (AvgIpc) is 3.02. The summed E-state index contributed by atoms with van der Waals surface area (Å²) in [7, 11) is 1.52. The van der Waals surface area contributed by atoms with E-state index < -0.39 is 12.1 Å². The predicted molar refractivity (Wildman–Crippen MR) is 92.5 cm³/mol. The van der Waals surface area contributed by atoms with Gasteiger partial charge in [0.1, 0.15) is 11.8 Å². The van der Waals surface area contributed by atoms with Crippen LogP contribution < -0.4 is 10.1 Å². The molecule has 24 heavy (non-hydrogen) atoms. The first-order chi connectivity index (χ1) is 11.4. The molecule has 1 aromatic rings. The fraction of sp³-hybridized carbons (Fsp3) is 0.529. The SMILES string of the molecule is COc1ccc(Cl)cc1NC(=O)[C@@H]1CCCN1C(=O)OCC(C)C. The maximum Gasteiger partial charge on any atom is 0.410 e. The molecule has 0 unspecified atom stereocenters. The molecule has 1 N–H and O–H groups in total. The van der Waals surface area contributed by atoms with Crippen LogP contribution in [0.15, 0.2) is 18.2 Å². The quantitative estimate of drug-likeness (QED) is 0.878. The van der Waals surface area contributed by atoms with E-state index in [-0.39, 0.29) is 11.8 Å². The highest BCUT2D eigenvalue weighted by Crippen LogP contribution is 2.29. The van der Waals surface area contributed by atoms with Crippen molar-refractivity contribution in [2.24, 2.45) is 5.92 Å². The van der Waals surface area contributed by atoms with Crippen molar-refractivity contribution in [3.63, 3.8) is 0 Å². The van der Waals surface area contributed by atoms with Gasteiger partial charge in [0.15, 0.2) is 0 Å². The minimum Gasteiger partial charge on any atom is -0.495 e. The zero-order valence-electron chi connectivity index (χ0n) is 14.2. The number of carbonyl (C=O) groups excluding carboxylic acids is 2. The molecule has 1 aromatic carbocycles. The van der Waals surface area contributed by atoms with Crippen LogP contribution in [0.3, 0.4) is 0 Å². The Morgan fingerprint density at radius 1 is 1.42 bits per heavy atom. The molecule has 1 saturated heterocycles. The van der Waals surface area contributed by atoms with Crippen molar-refractivity contribution in [3.8, 4) is 5.75 Å². The van der Waals surface area contributed by atoms with Crippen molar-refractivity contribution >= 4 is 29.3 Å². The Morgan fingerprint density at radius 2 is 2.17 bits per heavy atom. The lowest BCUT2D eigenvalue weighted by molar-refractivity contribution is -0.120. The van der Waals surface area contributed by atoms with Crippen molar-refractivity contribution in [2.45, 2.75) is 32.7 Å². The van der Waals surface area contributed by atoms with Gasteiger partial charge < -0.3 is 14.8 Å². The molecule has 0 aliphatic carbocycles. The van der Waals surface area contributed by atoms with E-state index in [2.05, 4.69) is 5.32 Å². The molecule has 0 spiro atoms. The highest BCUT2D eigenvalue weighted by Gasteiger charge is 2.35. The number of rotatable bonds is 5. The lowest BCUT2D eigenvalue weighted by Crippen LogP contribution is -2.43. The van der Waals surface area contributed by atoms with Crippen LogP contribution in [0.25, 0.3) is 0 Å². The first-order valence-electron chi connectivity index (χ1n) is 8.00. The van der Waals surface area contributed by atoms with E-state index in [9.17, 15) is 9.59 Å². The summed E-state index contributed by atoms with van der Waals surface area (Å²) in [5, 5.41) is 3.29. The smallest absolute Gasteiger partial charge is 0.410 e. The number of hydrogen-bond acceptors (Lipinski definition) is 4. The number of ether oxygens (including phenoxy) is 2. The molecular weight excluding hydrogens is 332 g/mol. The third-order valence-corrected chi connectivity index (χ3v) is 3.98. The molecule has 0 aromatic heterocycles. The van der Waals surface area contributed by atoms with Crippen LogP contribution in [-0.2, 0) is 9.53 Å². The minimum atomic E-state index is -0.548. The summed E-state index contributed by atoms with van der Waals surface area (Å²) in [5.41, 5.74) is 0.484. The number of benzene rings is 1. The van der Waals surface area contributed by atoms with Gasteiger partial charge in [0, 0.05) is 11.6 Å². The van der Waals surface area contributed by atoms with Crippen LogP contribution in [-0.4, -0.2) is 43.2 Å². The van der Waals surface area contributed by atoms with Crippen LogP contribution in [0.4, 0.5) is 10.5 Å². The van der Waals surface area contributed by atoms with Gasteiger partial charge in [0.25, 0.3) is 0 Å². The number of hydrogen-bond donors (Lipinski definition) is 1. The largest absolute Gasteiger partial charge is 0.495 e. The molecule has 6 nitrogen and oxygen atoms in total. The Morgan fingerprint density at radius 3 is 2.83 bits per heavy atom.